The molecular weight excluding hydrogens is 340 g/mol. The molecule has 2 heterocycles. The van der Waals surface area contributed by atoms with Crippen molar-refractivity contribution in [2.24, 2.45) is 0 Å². The van der Waals surface area contributed by atoms with Crippen LogP contribution in [0.5, 0.6) is 5.75 Å². The van der Waals surface area contributed by atoms with Gasteiger partial charge in [0.2, 0.25) is 5.91 Å². The highest BCUT2D eigenvalue weighted by Gasteiger charge is 2.35. The van der Waals surface area contributed by atoms with Gasteiger partial charge in [0.25, 0.3) is 0 Å². The van der Waals surface area contributed by atoms with Gasteiger partial charge in [0.15, 0.2) is 0 Å². The van der Waals surface area contributed by atoms with E-state index in [-0.39, 0.29) is 5.91 Å². The van der Waals surface area contributed by atoms with Crippen LogP contribution in [-0.2, 0) is 17.8 Å². The summed E-state index contributed by atoms with van der Waals surface area (Å²) in [7, 11) is 0. The lowest BCUT2D eigenvalue weighted by atomic mass is 10.00. The third-order valence-corrected chi connectivity index (χ3v) is 6.04. The summed E-state index contributed by atoms with van der Waals surface area (Å²) in [5, 5.41) is 12.4. The number of nitriles is 1. The molecule has 0 atom stereocenters. The van der Waals surface area contributed by atoms with Gasteiger partial charge in [0.05, 0.1) is 19.2 Å². The van der Waals surface area contributed by atoms with Crippen LogP contribution in [0.25, 0.3) is 0 Å². The van der Waals surface area contributed by atoms with Crippen molar-refractivity contribution in [3.8, 4) is 11.8 Å². The predicted molar refractivity (Wildman–Crippen MR) is 102 cm³/mol. The van der Waals surface area contributed by atoms with Crippen LogP contribution in [0.15, 0.2) is 18.2 Å². The minimum Gasteiger partial charge on any atom is -0.493 e. The molecule has 0 unspecified atom stereocenters. The Hall–Kier alpha value is -2.10. The number of fused-ring (bicyclic) bond motifs is 1. The number of rotatable bonds is 5. The van der Waals surface area contributed by atoms with Crippen molar-refractivity contribution in [1.82, 2.24) is 15.1 Å². The molecule has 0 spiro atoms. The predicted octanol–water partition coefficient (Wildman–Crippen LogP) is 1.69. The number of ether oxygens (including phenoxy) is 1. The molecule has 144 valence electrons. The maximum absolute atomic E-state index is 12.4. The Bertz CT molecular complexity index is 728. The van der Waals surface area contributed by atoms with Crippen LogP contribution in [-0.4, -0.2) is 60.6 Å². The second kappa shape index (κ2) is 7.87. The molecule has 4 rings (SSSR count). The summed E-state index contributed by atoms with van der Waals surface area (Å²) in [6.45, 7) is 5.85. The molecule has 0 aromatic heterocycles. The second-order valence-electron chi connectivity index (χ2n) is 8.04. The zero-order chi connectivity index (χ0) is 18.7. The number of nitrogens with one attached hydrogen (secondary N) is 1. The van der Waals surface area contributed by atoms with Gasteiger partial charge in [0.1, 0.15) is 11.3 Å². The monoisotopic (exact) mass is 368 g/mol. The fraction of sp³-hybridized carbons (Fsp3) is 0.619. The highest BCUT2D eigenvalue weighted by Crippen LogP contribution is 2.29. The average molecular weight is 368 g/mol. The van der Waals surface area contributed by atoms with E-state index in [4.69, 9.17) is 4.74 Å². The Balaban J connectivity index is 1.23. The van der Waals surface area contributed by atoms with E-state index in [1.807, 2.05) is 0 Å². The van der Waals surface area contributed by atoms with E-state index in [0.717, 1.165) is 77.2 Å². The molecule has 1 saturated heterocycles. The molecule has 6 nitrogen and oxygen atoms in total. The van der Waals surface area contributed by atoms with E-state index in [0.29, 0.717) is 6.54 Å². The summed E-state index contributed by atoms with van der Waals surface area (Å²) in [5.74, 6) is 1.03. The molecule has 1 amide bonds. The van der Waals surface area contributed by atoms with Crippen LogP contribution in [0, 0.1) is 11.3 Å². The minimum atomic E-state index is -0.615. The lowest BCUT2D eigenvalue weighted by Crippen LogP contribution is -2.52. The van der Waals surface area contributed by atoms with E-state index in [9.17, 15) is 10.1 Å². The SMILES string of the molecule is N#CC1(NC(=O)CN2CCN(Cc3ccc4c(c3)CCO4)CC2)CCCC1. The molecule has 1 aliphatic carbocycles. The van der Waals surface area contributed by atoms with Crippen LogP contribution in [0.3, 0.4) is 0 Å². The van der Waals surface area contributed by atoms with Crippen LogP contribution in [0.2, 0.25) is 0 Å². The number of piperazine rings is 1. The lowest BCUT2D eigenvalue weighted by molar-refractivity contribution is -0.124. The Kier molecular flexibility index (Phi) is 5.33. The second-order valence-corrected chi connectivity index (χ2v) is 8.04. The topological polar surface area (TPSA) is 68.6 Å². The summed E-state index contributed by atoms with van der Waals surface area (Å²) in [6, 6.07) is 8.85. The third kappa shape index (κ3) is 4.26. The summed E-state index contributed by atoms with van der Waals surface area (Å²) in [6.07, 6.45) is 4.64. The van der Waals surface area contributed by atoms with Crippen LogP contribution in [0.4, 0.5) is 0 Å². The number of amides is 1. The quantitative estimate of drug-likeness (QED) is 0.857. The van der Waals surface area contributed by atoms with Crippen LogP contribution in [0.1, 0.15) is 36.8 Å². The summed E-state index contributed by atoms with van der Waals surface area (Å²) < 4.78 is 5.58. The van der Waals surface area contributed by atoms with Gasteiger partial charge >= 0.3 is 0 Å². The van der Waals surface area contributed by atoms with E-state index in [2.05, 4.69) is 39.4 Å². The average Bonchev–Trinajstić information content (AvgIpc) is 3.32. The first-order chi connectivity index (χ1) is 13.2. The van der Waals surface area contributed by atoms with Gasteiger partial charge in [-0.15, -0.1) is 0 Å². The van der Waals surface area contributed by atoms with E-state index in [1.165, 1.54) is 11.1 Å². The minimum absolute atomic E-state index is 0.00878. The van der Waals surface area contributed by atoms with Gasteiger partial charge in [-0.25, -0.2) is 0 Å². The molecule has 3 aliphatic rings. The van der Waals surface area contributed by atoms with Gasteiger partial charge in [-0.1, -0.05) is 12.1 Å². The van der Waals surface area contributed by atoms with E-state index >= 15 is 0 Å². The van der Waals surface area contributed by atoms with Crippen molar-refractivity contribution >= 4 is 5.91 Å². The zero-order valence-corrected chi connectivity index (χ0v) is 15.9. The van der Waals surface area contributed by atoms with Gasteiger partial charge in [-0.2, -0.15) is 5.26 Å². The fourth-order valence-electron chi connectivity index (χ4n) is 4.45. The smallest absolute Gasteiger partial charge is 0.235 e. The van der Waals surface area contributed by atoms with E-state index < -0.39 is 5.54 Å². The molecule has 1 aromatic carbocycles. The maximum atomic E-state index is 12.4. The van der Waals surface area contributed by atoms with Crippen molar-refractivity contribution in [3.05, 3.63) is 29.3 Å². The number of hydrogen-bond donors (Lipinski definition) is 1. The Labute approximate surface area is 161 Å². The third-order valence-electron chi connectivity index (χ3n) is 6.04. The van der Waals surface area contributed by atoms with Gasteiger partial charge in [0, 0.05) is 39.1 Å². The molecule has 27 heavy (non-hydrogen) atoms. The normalized spacial score (nSPS) is 22.0. The first-order valence-electron chi connectivity index (χ1n) is 10.1. The Morgan fingerprint density at radius 1 is 1.19 bits per heavy atom. The molecule has 1 saturated carbocycles. The number of carbonyl (C=O) groups excluding carboxylic acids is 1. The summed E-state index contributed by atoms with van der Waals surface area (Å²) in [4.78, 5) is 17.0. The molecule has 0 bridgehead atoms. The maximum Gasteiger partial charge on any atom is 0.235 e. The van der Waals surface area contributed by atoms with Crippen LogP contribution < -0.4 is 10.1 Å². The van der Waals surface area contributed by atoms with Gasteiger partial charge in [-0.05, 0) is 42.9 Å². The van der Waals surface area contributed by atoms with Crippen molar-refractivity contribution in [2.45, 2.75) is 44.2 Å². The van der Waals surface area contributed by atoms with Crippen LogP contribution >= 0.6 is 0 Å². The Morgan fingerprint density at radius 2 is 1.93 bits per heavy atom. The largest absolute Gasteiger partial charge is 0.493 e. The molecular formula is C21H28N4O2. The van der Waals surface area contributed by atoms with Gasteiger partial charge in [-0.3, -0.25) is 14.6 Å². The zero-order valence-electron chi connectivity index (χ0n) is 15.9. The molecule has 0 radical (unpaired) electrons. The molecule has 1 N–H and O–H groups in total. The first-order valence-corrected chi connectivity index (χ1v) is 10.1. The number of hydrogen-bond acceptors (Lipinski definition) is 5. The number of benzene rings is 1. The van der Waals surface area contributed by atoms with Crippen molar-refractivity contribution in [2.75, 3.05) is 39.3 Å². The number of carbonyl (C=O) groups is 1. The van der Waals surface area contributed by atoms with Crippen molar-refractivity contribution in [1.29, 1.82) is 5.26 Å². The molecule has 2 aliphatic heterocycles. The van der Waals surface area contributed by atoms with Crippen molar-refractivity contribution < 1.29 is 9.53 Å². The molecule has 6 heteroatoms. The summed E-state index contributed by atoms with van der Waals surface area (Å²) in [5.41, 5.74) is 2.04. The van der Waals surface area contributed by atoms with Gasteiger partial charge < -0.3 is 10.1 Å². The molecule has 2 fully saturated rings. The fourth-order valence-corrected chi connectivity index (χ4v) is 4.45. The Morgan fingerprint density at radius 3 is 2.67 bits per heavy atom. The standard InChI is InChI=1S/C21H28N4O2/c22-16-21(6-1-2-7-21)23-20(26)15-25-10-8-24(9-11-25)14-17-3-4-19-18(13-17)5-12-27-19/h3-4,13H,1-2,5-12,14-15H2,(H,23,26). The summed E-state index contributed by atoms with van der Waals surface area (Å²) >= 11 is 0. The molecule has 1 aromatic rings. The van der Waals surface area contributed by atoms with Crippen molar-refractivity contribution in [3.63, 3.8) is 0 Å². The lowest BCUT2D eigenvalue weighted by Gasteiger charge is -2.35. The first kappa shape index (κ1) is 18.3. The van der Waals surface area contributed by atoms with E-state index in [1.54, 1.807) is 0 Å². The number of nitrogens with zero attached hydrogens (tertiary/aromatic N) is 3. The highest BCUT2D eigenvalue weighted by atomic mass is 16.5. The highest BCUT2D eigenvalue weighted by molar-refractivity contribution is 5.79.